The van der Waals surface area contributed by atoms with Gasteiger partial charge in [-0.1, -0.05) is 20.8 Å². The summed E-state index contributed by atoms with van der Waals surface area (Å²) in [6, 6.07) is 0. The van der Waals surface area contributed by atoms with Crippen molar-refractivity contribution < 1.29 is 14.7 Å². The maximum absolute atomic E-state index is 11.3. The average Bonchev–Trinajstić information content (AvgIpc) is 1.99. The fraction of sp³-hybridized carbons (Fsp3) is 0.818. The second-order valence-electron chi connectivity index (χ2n) is 5.50. The van der Waals surface area contributed by atoms with Gasteiger partial charge in [-0.2, -0.15) is 0 Å². The van der Waals surface area contributed by atoms with Crippen molar-refractivity contribution in [3.05, 3.63) is 0 Å². The van der Waals surface area contributed by atoms with Gasteiger partial charge in [0, 0.05) is 0 Å². The first kappa shape index (κ1) is 12.0. The van der Waals surface area contributed by atoms with E-state index < -0.39 is 11.5 Å². The lowest BCUT2D eigenvalue weighted by Gasteiger charge is -2.44. The molecular formula is C11H19NO3. The molecule has 1 aliphatic rings. The monoisotopic (exact) mass is 213 g/mol. The van der Waals surface area contributed by atoms with Crippen molar-refractivity contribution in [1.82, 2.24) is 5.32 Å². The summed E-state index contributed by atoms with van der Waals surface area (Å²) in [5.74, 6) is -0.605. The molecular weight excluding hydrogens is 194 g/mol. The van der Waals surface area contributed by atoms with Gasteiger partial charge in [0.1, 0.15) is 5.54 Å². The third kappa shape index (κ3) is 2.49. The van der Waals surface area contributed by atoms with Gasteiger partial charge in [-0.25, -0.2) is 4.79 Å². The molecule has 0 saturated heterocycles. The zero-order valence-electron chi connectivity index (χ0n) is 9.54. The molecule has 0 heterocycles. The number of carboxylic acid groups (broad SMARTS) is 1. The second-order valence-corrected chi connectivity index (χ2v) is 5.50. The van der Waals surface area contributed by atoms with E-state index in [1.807, 2.05) is 20.8 Å². The Labute approximate surface area is 90.0 Å². The van der Waals surface area contributed by atoms with Crippen molar-refractivity contribution in [3.63, 3.8) is 0 Å². The summed E-state index contributed by atoms with van der Waals surface area (Å²) in [7, 11) is 0. The molecule has 0 aromatic carbocycles. The SMILES string of the molecule is CC1CC(C)(C)CC(NC=O)(C(=O)O)C1. The minimum atomic E-state index is -1.07. The summed E-state index contributed by atoms with van der Waals surface area (Å²) in [5, 5.41) is 11.8. The molecule has 0 aromatic rings. The van der Waals surface area contributed by atoms with E-state index in [4.69, 9.17) is 0 Å². The predicted molar refractivity (Wildman–Crippen MR) is 56.4 cm³/mol. The second kappa shape index (κ2) is 3.83. The van der Waals surface area contributed by atoms with Crippen LogP contribution in [0.4, 0.5) is 0 Å². The van der Waals surface area contributed by atoms with Crippen LogP contribution in [0.15, 0.2) is 0 Å². The fourth-order valence-corrected chi connectivity index (χ4v) is 3.02. The predicted octanol–water partition coefficient (Wildman–Crippen LogP) is 1.40. The van der Waals surface area contributed by atoms with E-state index in [1.54, 1.807) is 0 Å². The minimum Gasteiger partial charge on any atom is -0.480 e. The first-order valence-corrected chi connectivity index (χ1v) is 5.26. The van der Waals surface area contributed by atoms with Crippen LogP contribution in [-0.4, -0.2) is 23.0 Å². The average molecular weight is 213 g/mol. The molecule has 0 bridgehead atoms. The molecule has 1 fully saturated rings. The molecule has 1 saturated carbocycles. The highest BCUT2D eigenvalue weighted by molar-refractivity contribution is 5.81. The van der Waals surface area contributed by atoms with Gasteiger partial charge in [-0.3, -0.25) is 4.79 Å². The van der Waals surface area contributed by atoms with Crippen LogP contribution in [0.3, 0.4) is 0 Å². The van der Waals surface area contributed by atoms with E-state index >= 15 is 0 Å². The van der Waals surface area contributed by atoms with Crippen molar-refractivity contribution in [2.75, 3.05) is 0 Å². The van der Waals surface area contributed by atoms with Crippen LogP contribution < -0.4 is 5.32 Å². The molecule has 15 heavy (non-hydrogen) atoms. The zero-order valence-corrected chi connectivity index (χ0v) is 9.54. The van der Waals surface area contributed by atoms with Crippen LogP contribution in [0.1, 0.15) is 40.0 Å². The van der Waals surface area contributed by atoms with Crippen LogP contribution in [0.25, 0.3) is 0 Å². The number of aliphatic carboxylic acids is 1. The maximum atomic E-state index is 11.3. The molecule has 1 rings (SSSR count). The number of hydrogen-bond acceptors (Lipinski definition) is 2. The third-order valence-corrected chi connectivity index (χ3v) is 3.12. The molecule has 2 unspecified atom stereocenters. The number of carbonyl (C=O) groups excluding carboxylic acids is 1. The van der Waals surface area contributed by atoms with E-state index in [1.165, 1.54) is 0 Å². The molecule has 0 aromatic heterocycles. The molecule has 0 radical (unpaired) electrons. The summed E-state index contributed by atoms with van der Waals surface area (Å²) in [5.41, 5.74) is -1.10. The number of carbonyl (C=O) groups is 2. The molecule has 4 heteroatoms. The van der Waals surface area contributed by atoms with Crippen molar-refractivity contribution >= 4 is 12.4 Å². The standard InChI is InChI=1S/C11H19NO3/c1-8-4-10(2,3)6-11(5-8,9(14)15)12-7-13/h7-8H,4-6H2,1-3H3,(H,12,13)(H,14,15). The molecule has 4 nitrogen and oxygen atoms in total. The van der Waals surface area contributed by atoms with Gasteiger partial charge in [-0.15, -0.1) is 0 Å². The number of hydrogen-bond donors (Lipinski definition) is 2. The zero-order chi connectivity index (χ0) is 11.7. The van der Waals surface area contributed by atoms with Crippen LogP contribution in [-0.2, 0) is 9.59 Å². The molecule has 0 spiro atoms. The van der Waals surface area contributed by atoms with Crippen molar-refractivity contribution in [2.45, 2.75) is 45.6 Å². The number of amides is 1. The minimum absolute atomic E-state index is 0.0356. The quantitative estimate of drug-likeness (QED) is 0.696. The van der Waals surface area contributed by atoms with Crippen LogP contribution in [0.2, 0.25) is 0 Å². The van der Waals surface area contributed by atoms with Crippen LogP contribution in [0, 0.1) is 11.3 Å². The topological polar surface area (TPSA) is 66.4 Å². The lowest BCUT2D eigenvalue weighted by atomic mass is 9.64. The largest absolute Gasteiger partial charge is 0.480 e. The summed E-state index contributed by atoms with van der Waals surface area (Å²) < 4.78 is 0. The Kier molecular flexibility index (Phi) is 3.07. The maximum Gasteiger partial charge on any atom is 0.329 e. The fourth-order valence-electron chi connectivity index (χ4n) is 3.02. The van der Waals surface area contributed by atoms with Crippen LogP contribution in [0.5, 0.6) is 0 Å². The summed E-state index contributed by atoms with van der Waals surface area (Å²) in [6.45, 7) is 6.13. The van der Waals surface area contributed by atoms with Gasteiger partial charge < -0.3 is 10.4 Å². The Balaban J connectivity index is 2.97. The number of carboxylic acids is 1. The highest BCUT2D eigenvalue weighted by Gasteiger charge is 2.47. The van der Waals surface area contributed by atoms with Crippen LogP contribution >= 0.6 is 0 Å². The number of nitrogens with one attached hydrogen (secondary N) is 1. The summed E-state index contributed by atoms with van der Waals surface area (Å²) in [4.78, 5) is 21.8. The Bertz CT molecular complexity index is 275. The molecule has 2 N–H and O–H groups in total. The first-order valence-electron chi connectivity index (χ1n) is 5.26. The van der Waals surface area contributed by atoms with Gasteiger partial charge in [0.2, 0.25) is 6.41 Å². The van der Waals surface area contributed by atoms with E-state index in [9.17, 15) is 14.7 Å². The lowest BCUT2D eigenvalue weighted by Crippen LogP contribution is -2.57. The molecule has 2 atom stereocenters. The molecule has 1 amide bonds. The van der Waals surface area contributed by atoms with E-state index in [2.05, 4.69) is 5.32 Å². The smallest absolute Gasteiger partial charge is 0.329 e. The van der Waals surface area contributed by atoms with E-state index in [0.717, 1.165) is 6.42 Å². The normalized spacial score (nSPS) is 34.5. The van der Waals surface area contributed by atoms with E-state index in [0.29, 0.717) is 25.2 Å². The molecule has 0 aliphatic heterocycles. The van der Waals surface area contributed by atoms with Gasteiger partial charge in [0.25, 0.3) is 0 Å². The molecule has 86 valence electrons. The number of rotatable bonds is 3. The van der Waals surface area contributed by atoms with Gasteiger partial charge in [-0.05, 0) is 30.6 Å². The third-order valence-electron chi connectivity index (χ3n) is 3.12. The van der Waals surface area contributed by atoms with Crippen molar-refractivity contribution in [2.24, 2.45) is 11.3 Å². The van der Waals surface area contributed by atoms with Crippen molar-refractivity contribution in [1.29, 1.82) is 0 Å². The Morgan fingerprint density at radius 3 is 2.47 bits per heavy atom. The first-order chi connectivity index (χ1) is 6.81. The highest BCUT2D eigenvalue weighted by atomic mass is 16.4. The van der Waals surface area contributed by atoms with Gasteiger partial charge in [0.05, 0.1) is 0 Å². The van der Waals surface area contributed by atoms with E-state index in [-0.39, 0.29) is 5.41 Å². The lowest BCUT2D eigenvalue weighted by molar-refractivity contribution is -0.150. The highest BCUT2D eigenvalue weighted by Crippen LogP contribution is 2.43. The molecule has 1 aliphatic carbocycles. The summed E-state index contributed by atoms with van der Waals surface area (Å²) >= 11 is 0. The Morgan fingerprint density at radius 2 is 2.07 bits per heavy atom. The van der Waals surface area contributed by atoms with Crippen molar-refractivity contribution in [3.8, 4) is 0 Å². The Hall–Kier alpha value is -1.06. The van der Waals surface area contributed by atoms with Gasteiger partial charge >= 0.3 is 5.97 Å². The van der Waals surface area contributed by atoms with Gasteiger partial charge in [0.15, 0.2) is 0 Å². The summed E-state index contributed by atoms with van der Waals surface area (Å²) in [6.07, 6.45) is 2.52. The Morgan fingerprint density at radius 1 is 1.47 bits per heavy atom.